The first-order valence-corrected chi connectivity index (χ1v) is 9.60. The van der Waals surface area contributed by atoms with Crippen molar-refractivity contribution in [2.24, 2.45) is 0 Å². The van der Waals surface area contributed by atoms with Gasteiger partial charge in [-0.15, -0.1) is 5.10 Å². The van der Waals surface area contributed by atoms with E-state index in [1.807, 2.05) is 65.3 Å². The van der Waals surface area contributed by atoms with Gasteiger partial charge in [-0.2, -0.15) is 0 Å². The van der Waals surface area contributed by atoms with Crippen molar-refractivity contribution in [3.8, 4) is 5.75 Å². The minimum atomic E-state index is -0.369. The molecule has 0 unspecified atom stereocenters. The molecule has 0 fully saturated rings. The standard InChI is InChI=1S/C24H23N3O2/c1-24(2,3)19-12-14-20(15-13-19)29-23(28)18-10-8-17(9-11-18)16-27-22-7-5-4-6-21(22)25-26-27/h4-15H,16H2,1-3H3. The predicted octanol–water partition coefficient (Wildman–Crippen LogP) is 5.00. The van der Waals surface area contributed by atoms with Gasteiger partial charge in [-0.05, 0) is 52.9 Å². The maximum Gasteiger partial charge on any atom is 0.343 e. The Morgan fingerprint density at radius 3 is 2.31 bits per heavy atom. The van der Waals surface area contributed by atoms with E-state index in [4.69, 9.17) is 4.74 Å². The van der Waals surface area contributed by atoms with Gasteiger partial charge in [0.2, 0.25) is 0 Å². The minimum absolute atomic E-state index is 0.0633. The van der Waals surface area contributed by atoms with Crippen LogP contribution in [0, 0.1) is 0 Å². The molecule has 0 saturated carbocycles. The Bertz CT molecular complexity index is 1140. The Hall–Kier alpha value is -3.47. The van der Waals surface area contributed by atoms with E-state index in [1.54, 1.807) is 12.1 Å². The van der Waals surface area contributed by atoms with E-state index in [2.05, 4.69) is 31.1 Å². The quantitative estimate of drug-likeness (QED) is 0.367. The number of hydrogen-bond acceptors (Lipinski definition) is 4. The molecule has 4 rings (SSSR count). The second-order valence-corrected chi connectivity index (χ2v) is 8.10. The lowest BCUT2D eigenvalue weighted by Gasteiger charge is -2.19. The number of esters is 1. The molecule has 0 radical (unpaired) electrons. The second-order valence-electron chi connectivity index (χ2n) is 8.10. The first kappa shape index (κ1) is 18.9. The number of carbonyl (C=O) groups is 1. The van der Waals surface area contributed by atoms with E-state index < -0.39 is 0 Å². The Labute approximate surface area is 169 Å². The van der Waals surface area contributed by atoms with Gasteiger partial charge in [0.25, 0.3) is 0 Å². The lowest BCUT2D eigenvalue weighted by atomic mass is 9.87. The lowest BCUT2D eigenvalue weighted by Crippen LogP contribution is -2.12. The van der Waals surface area contributed by atoms with E-state index in [0.717, 1.165) is 16.6 Å². The summed E-state index contributed by atoms with van der Waals surface area (Å²) in [5.41, 5.74) is 4.65. The van der Waals surface area contributed by atoms with Gasteiger partial charge in [0.05, 0.1) is 17.6 Å². The van der Waals surface area contributed by atoms with Crippen LogP contribution in [0.2, 0.25) is 0 Å². The molecule has 0 bridgehead atoms. The molecule has 146 valence electrons. The zero-order valence-electron chi connectivity index (χ0n) is 16.8. The SMILES string of the molecule is CC(C)(C)c1ccc(OC(=O)c2ccc(Cn3nnc4ccccc43)cc2)cc1. The van der Waals surface area contributed by atoms with Crippen LogP contribution >= 0.6 is 0 Å². The summed E-state index contributed by atoms with van der Waals surface area (Å²) in [4.78, 5) is 12.4. The van der Waals surface area contributed by atoms with Gasteiger partial charge in [-0.25, -0.2) is 9.48 Å². The van der Waals surface area contributed by atoms with Gasteiger partial charge in [-0.3, -0.25) is 0 Å². The van der Waals surface area contributed by atoms with Crippen molar-refractivity contribution in [3.05, 3.63) is 89.5 Å². The van der Waals surface area contributed by atoms with Crippen molar-refractivity contribution < 1.29 is 9.53 Å². The predicted molar refractivity (Wildman–Crippen MR) is 113 cm³/mol. The van der Waals surface area contributed by atoms with Crippen LogP contribution in [0.3, 0.4) is 0 Å². The summed E-state index contributed by atoms with van der Waals surface area (Å²) in [5.74, 6) is 0.174. The maximum atomic E-state index is 12.4. The summed E-state index contributed by atoms with van der Waals surface area (Å²) >= 11 is 0. The Balaban J connectivity index is 1.44. The first-order valence-electron chi connectivity index (χ1n) is 9.60. The molecule has 5 heteroatoms. The van der Waals surface area contributed by atoms with Crippen LogP contribution in [-0.4, -0.2) is 21.0 Å². The Morgan fingerprint density at radius 1 is 0.931 bits per heavy atom. The molecule has 4 aromatic rings. The van der Waals surface area contributed by atoms with Gasteiger partial charge in [-0.1, -0.05) is 62.4 Å². The second kappa shape index (κ2) is 7.51. The molecule has 1 heterocycles. The monoisotopic (exact) mass is 385 g/mol. The molecular formula is C24H23N3O2. The summed E-state index contributed by atoms with van der Waals surface area (Å²) in [6, 6.07) is 22.9. The number of fused-ring (bicyclic) bond motifs is 1. The number of carbonyl (C=O) groups excluding carboxylic acids is 1. The number of ether oxygens (including phenoxy) is 1. The highest BCUT2D eigenvalue weighted by atomic mass is 16.5. The third-order valence-corrected chi connectivity index (χ3v) is 4.87. The largest absolute Gasteiger partial charge is 0.423 e. The average Bonchev–Trinajstić information content (AvgIpc) is 3.11. The maximum absolute atomic E-state index is 12.4. The van der Waals surface area contributed by atoms with Crippen molar-refractivity contribution in [2.45, 2.75) is 32.7 Å². The highest BCUT2D eigenvalue weighted by molar-refractivity contribution is 5.91. The molecule has 3 aromatic carbocycles. The Kier molecular flexibility index (Phi) is 4.89. The molecule has 0 aliphatic heterocycles. The van der Waals surface area contributed by atoms with Crippen molar-refractivity contribution in [1.82, 2.24) is 15.0 Å². The van der Waals surface area contributed by atoms with Crippen LogP contribution in [0.25, 0.3) is 11.0 Å². The van der Waals surface area contributed by atoms with Crippen LogP contribution in [0.15, 0.2) is 72.8 Å². The molecule has 0 spiro atoms. The van der Waals surface area contributed by atoms with E-state index in [1.165, 1.54) is 5.56 Å². The first-order chi connectivity index (χ1) is 13.9. The molecule has 0 aliphatic rings. The van der Waals surface area contributed by atoms with Crippen LogP contribution in [-0.2, 0) is 12.0 Å². The number of aromatic nitrogens is 3. The number of benzene rings is 3. The van der Waals surface area contributed by atoms with Crippen molar-refractivity contribution >= 4 is 17.0 Å². The van der Waals surface area contributed by atoms with E-state index in [0.29, 0.717) is 17.9 Å². The molecule has 1 aromatic heterocycles. The number of nitrogens with zero attached hydrogens (tertiary/aromatic N) is 3. The average molecular weight is 385 g/mol. The summed E-state index contributed by atoms with van der Waals surface area (Å²) in [6.07, 6.45) is 0. The van der Waals surface area contributed by atoms with E-state index in [9.17, 15) is 4.79 Å². The zero-order chi connectivity index (χ0) is 20.4. The fourth-order valence-corrected chi connectivity index (χ4v) is 3.14. The number of para-hydroxylation sites is 1. The van der Waals surface area contributed by atoms with Crippen LogP contribution in [0.4, 0.5) is 0 Å². The number of hydrogen-bond donors (Lipinski definition) is 0. The minimum Gasteiger partial charge on any atom is -0.423 e. The van der Waals surface area contributed by atoms with Gasteiger partial charge < -0.3 is 4.74 Å². The summed E-state index contributed by atoms with van der Waals surface area (Å²) in [7, 11) is 0. The number of rotatable bonds is 4. The third-order valence-electron chi connectivity index (χ3n) is 4.87. The van der Waals surface area contributed by atoms with E-state index in [-0.39, 0.29) is 11.4 Å². The molecular weight excluding hydrogens is 362 g/mol. The van der Waals surface area contributed by atoms with Gasteiger partial charge in [0, 0.05) is 0 Å². The van der Waals surface area contributed by atoms with E-state index >= 15 is 0 Å². The normalized spacial score (nSPS) is 11.6. The van der Waals surface area contributed by atoms with Crippen LogP contribution in [0.5, 0.6) is 5.75 Å². The smallest absolute Gasteiger partial charge is 0.343 e. The van der Waals surface area contributed by atoms with Gasteiger partial charge in [0.1, 0.15) is 11.3 Å². The Morgan fingerprint density at radius 2 is 1.62 bits per heavy atom. The third kappa shape index (κ3) is 4.19. The topological polar surface area (TPSA) is 57.0 Å². The molecule has 5 nitrogen and oxygen atoms in total. The van der Waals surface area contributed by atoms with Crippen molar-refractivity contribution in [2.75, 3.05) is 0 Å². The lowest BCUT2D eigenvalue weighted by molar-refractivity contribution is 0.0734. The zero-order valence-corrected chi connectivity index (χ0v) is 16.8. The van der Waals surface area contributed by atoms with Crippen LogP contribution < -0.4 is 4.74 Å². The molecule has 0 N–H and O–H groups in total. The van der Waals surface area contributed by atoms with Crippen molar-refractivity contribution in [3.63, 3.8) is 0 Å². The molecule has 29 heavy (non-hydrogen) atoms. The molecule has 0 aliphatic carbocycles. The van der Waals surface area contributed by atoms with Crippen molar-refractivity contribution in [1.29, 1.82) is 0 Å². The molecule has 0 amide bonds. The van der Waals surface area contributed by atoms with Gasteiger partial charge >= 0.3 is 5.97 Å². The van der Waals surface area contributed by atoms with Crippen LogP contribution in [0.1, 0.15) is 42.3 Å². The fraction of sp³-hybridized carbons (Fsp3) is 0.208. The molecule has 0 saturated heterocycles. The highest BCUT2D eigenvalue weighted by Gasteiger charge is 2.14. The molecule has 0 atom stereocenters. The highest BCUT2D eigenvalue weighted by Crippen LogP contribution is 2.24. The van der Waals surface area contributed by atoms with Gasteiger partial charge in [0.15, 0.2) is 0 Å². The summed E-state index contributed by atoms with van der Waals surface area (Å²) < 4.78 is 7.35. The summed E-state index contributed by atoms with van der Waals surface area (Å²) in [5, 5.41) is 8.37. The summed E-state index contributed by atoms with van der Waals surface area (Å²) in [6.45, 7) is 7.04. The fourth-order valence-electron chi connectivity index (χ4n) is 3.14.